The van der Waals surface area contributed by atoms with Gasteiger partial charge in [0.05, 0.1) is 10.5 Å². The molecule has 0 aliphatic heterocycles. The molecular weight excluding hydrogens is 261 g/mol. The molecule has 0 aliphatic carbocycles. The quantitative estimate of drug-likeness (QED) is 0.450. The molecule has 0 spiro atoms. The summed E-state index contributed by atoms with van der Waals surface area (Å²) in [5.41, 5.74) is -1.41. The number of fused-ring (bicyclic) bond motifs is 1. The molecule has 17 heavy (non-hydrogen) atoms. The van der Waals surface area contributed by atoms with Crippen LogP contribution in [0.5, 0.6) is 0 Å². The van der Waals surface area contributed by atoms with Crippen molar-refractivity contribution in [3.63, 3.8) is 0 Å². The Balaban J connectivity index is 2.83. The highest BCUT2D eigenvalue weighted by Gasteiger charge is 2.35. The predicted molar refractivity (Wildman–Crippen MR) is 52.1 cm³/mol. The molecular formula is C8H3F3N2O3S. The van der Waals surface area contributed by atoms with Crippen LogP contribution < -0.4 is 0 Å². The van der Waals surface area contributed by atoms with E-state index in [0.29, 0.717) is 12.1 Å². The predicted octanol–water partition coefficient (Wildman–Crippen LogP) is 2.89. The van der Waals surface area contributed by atoms with Crippen LogP contribution in [-0.4, -0.2) is 14.5 Å². The molecule has 0 saturated carbocycles. The summed E-state index contributed by atoms with van der Waals surface area (Å²) in [5.74, 6) is 0. The van der Waals surface area contributed by atoms with Crippen LogP contribution in [0.2, 0.25) is 0 Å². The number of nitro benzene ring substituents is 1. The monoisotopic (exact) mass is 264 g/mol. The highest BCUT2D eigenvalue weighted by atomic mass is 32.2. The highest BCUT2D eigenvalue weighted by molar-refractivity contribution is 7.30. The maximum absolute atomic E-state index is 12.4. The molecule has 0 bridgehead atoms. The standard InChI is InChI=1S/C8H3F3N2O3S/c9-8(10,11)4-1-5-7(17(16)3-12-5)6(2-4)13(14)15/h1-3H. The van der Waals surface area contributed by atoms with Crippen LogP contribution >= 0.6 is 10.8 Å². The van der Waals surface area contributed by atoms with Crippen molar-refractivity contribution in [2.24, 2.45) is 0 Å². The number of nitrogens with zero attached hydrogens (tertiary/aromatic N) is 2. The molecule has 90 valence electrons. The lowest BCUT2D eigenvalue weighted by Crippen LogP contribution is -2.05. The molecule has 0 saturated heterocycles. The molecule has 0 aliphatic rings. The number of thiazole rings is 1. The first-order valence-electron chi connectivity index (χ1n) is 4.15. The second kappa shape index (κ2) is 3.64. The van der Waals surface area contributed by atoms with Gasteiger partial charge in [0.2, 0.25) is 5.51 Å². The Bertz CT molecular complexity index is 608. The van der Waals surface area contributed by atoms with Crippen LogP contribution in [0.4, 0.5) is 18.9 Å². The molecule has 0 N–H and O–H groups in total. The van der Waals surface area contributed by atoms with Gasteiger partial charge in [-0.2, -0.15) is 18.2 Å². The van der Waals surface area contributed by atoms with Crippen LogP contribution in [0.3, 0.4) is 0 Å². The van der Waals surface area contributed by atoms with E-state index >= 15 is 0 Å². The third-order valence-corrected chi connectivity index (χ3v) is 3.18. The molecule has 0 fully saturated rings. The van der Waals surface area contributed by atoms with Gasteiger partial charge in [-0.15, -0.1) is 0 Å². The van der Waals surface area contributed by atoms with E-state index in [1.807, 2.05) is 0 Å². The van der Waals surface area contributed by atoms with E-state index in [1.165, 1.54) is 0 Å². The van der Waals surface area contributed by atoms with Gasteiger partial charge in [0.1, 0.15) is 5.52 Å². The number of non-ortho nitro benzene ring substituents is 1. The molecule has 0 amide bonds. The van der Waals surface area contributed by atoms with Gasteiger partial charge < -0.3 is 4.55 Å². The fourth-order valence-electron chi connectivity index (χ4n) is 1.36. The van der Waals surface area contributed by atoms with Crippen LogP contribution in [0.1, 0.15) is 5.56 Å². The molecule has 2 aromatic rings. The number of benzene rings is 1. The molecule has 5 nitrogen and oxygen atoms in total. The number of hydrogen-bond acceptors (Lipinski definition) is 4. The normalized spacial score (nSPS) is 13.1. The minimum atomic E-state index is -4.71. The Labute approximate surface area is 94.5 Å². The lowest BCUT2D eigenvalue weighted by molar-refractivity contribution is -0.383. The summed E-state index contributed by atoms with van der Waals surface area (Å²) < 4.78 is 48.4. The van der Waals surface area contributed by atoms with Crippen molar-refractivity contribution in [3.8, 4) is 0 Å². The zero-order valence-electron chi connectivity index (χ0n) is 7.89. The minimum Gasteiger partial charge on any atom is -0.589 e. The van der Waals surface area contributed by atoms with E-state index in [9.17, 15) is 27.8 Å². The van der Waals surface area contributed by atoms with Gasteiger partial charge in [-0.25, -0.2) is 0 Å². The summed E-state index contributed by atoms with van der Waals surface area (Å²) in [5, 5.41) is 10.6. The van der Waals surface area contributed by atoms with E-state index in [-0.39, 0.29) is 10.2 Å². The van der Waals surface area contributed by atoms with Gasteiger partial charge in [-0.3, -0.25) is 10.1 Å². The third-order valence-electron chi connectivity index (χ3n) is 2.06. The minimum absolute atomic E-state index is 0.273. The van der Waals surface area contributed by atoms with Crippen molar-refractivity contribution in [2.75, 3.05) is 0 Å². The van der Waals surface area contributed by atoms with E-state index in [2.05, 4.69) is 4.98 Å². The molecule has 1 atom stereocenters. The van der Waals surface area contributed by atoms with Crippen molar-refractivity contribution in [1.82, 2.24) is 4.98 Å². The lowest BCUT2D eigenvalue weighted by atomic mass is 10.2. The maximum atomic E-state index is 12.4. The third kappa shape index (κ3) is 1.94. The molecule has 0 radical (unpaired) electrons. The SMILES string of the molecule is O=[N+]([O-])c1cc(C(F)(F)F)cc2nc[s+]([O-])c12. The van der Waals surface area contributed by atoms with Crippen molar-refractivity contribution in [3.05, 3.63) is 33.3 Å². The fraction of sp³-hybridized carbons (Fsp3) is 0.125. The average molecular weight is 264 g/mol. The number of aromatic nitrogens is 1. The van der Waals surface area contributed by atoms with Crippen LogP contribution in [0.15, 0.2) is 17.6 Å². The number of halogens is 3. The molecule has 1 heterocycles. The summed E-state index contributed by atoms with van der Waals surface area (Å²) in [6.45, 7) is 0. The molecule has 2 rings (SSSR count). The van der Waals surface area contributed by atoms with Gasteiger partial charge in [-0.05, 0) is 16.8 Å². The van der Waals surface area contributed by atoms with Gasteiger partial charge in [-0.1, -0.05) is 0 Å². The summed E-state index contributed by atoms with van der Waals surface area (Å²) in [6.07, 6.45) is -4.71. The van der Waals surface area contributed by atoms with Gasteiger partial charge in [0, 0.05) is 6.07 Å². The molecule has 1 aromatic carbocycles. The van der Waals surface area contributed by atoms with Gasteiger partial charge in [0.15, 0.2) is 0 Å². The summed E-state index contributed by atoms with van der Waals surface area (Å²) in [4.78, 5) is 13.1. The first-order valence-corrected chi connectivity index (χ1v) is 5.36. The Morgan fingerprint density at radius 1 is 1.35 bits per heavy atom. The topological polar surface area (TPSA) is 79.1 Å². The van der Waals surface area contributed by atoms with Crippen molar-refractivity contribution < 1.29 is 22.6 Å². The van der Waals surface area contributed by atoms with E-state index in [0.717, 1.165) is 5.51 Å². The lowest BCUT2D eigenvalue weighted by Gasteiger charge is -2.05. The fourth-order valence-corrected chi connectivity index (χ4v) is 2.33. The Morgan fingerprint density at radius 2 is 2.00 bits per heavy atom. The van der Waals surface area contributed by atoms with Gasteiger partial charge in [0.25, 0.3) is 4.70 Å². The van der Waals surface area contributed by atoms with Crippen LogP contribution in [-0.2, 0) is 6.18 Å². The summed E-state index contributed by atoms with van der Waals surface area (Å²) in [7, 11) is -1.87. The van der Waals surface area contributed by atoms with Crippen LogP contribution in [0.25, 0.3) is 10.2 Å². The van der Waals surface area contributed by atoms with Crippen molar-refractivity contribution >= 4 is 26.7 Å². The first kappa shape index (κ1) is 11.7. The van der Waals surface area contributed by atoms with E-state index in [4.69, 9.17) is 0 Å². The first-order chi connectivity index (χ1) is 7.80. The van der Waals surface area contributed by atoms with Crippen molar-refractivity contribution in [1.29, 1.82) is 0 Å². The average Bonchev–Trinajstić information content (AvgIpc) is 2.58. The smallest absolute Gasteiger partial charge is 0.416 e. The number of rotatable bonds is 1. The van der Waals surface area contributed by atoms with Gasteiger partial charge >= 0.3 is 11.9 Å². The Kier molecular flexibility index (Phi) is 2.51. The molecule has 1 unspecified atom stereocenters. The Hall–Kier alpha value is -1.74. The number of alkyl halides is 3. The van der Waals surface area contributed by atoms with Crippen LogP contribution in [0, 0.1) is 10.1 Å². The van der Waals surface area contributed by atoms with Crippen molar-refractivity contribution in [2.45, 2.75) is 6.18 Å². The summed E-state index contributed by atoms with van der Waals surface area (Å²) >= 11 is 0. The molecule has 1 aromatic heterocycles. The summed E-state index contributed by atoms with van der Waals surface area (Å²) in [6, 6.07) is 1.01. The molecule has 9 heteroatoms. The zero-order chi connectivity index (χ0) is 12.8. The Morgan fingerprint density at radius 3 is 2.53 bits per heavy atom. The number of hydrogen-bond donors (Lipinski definition) is 0. The number of nitro groups is 1. The maximum Gasteiger partial charge on any atom is 0.416 e. The van der Waals surface area contributed by atoms with E-state index in [1.54, 1.807) is 0 Å². The van der Waals surface area contributed by atoms with E-state index < -0.39 is 33.1 Å². The zero-order valence-corrected chi connectivity index (χ0v) is 8.71. The highest BCUT2D eigenvalue weighted by Crippen LogP contribution is 2.39. The second-order valence-corrected chi connectivity index (χ2v) is 4.34. The second-order valence-electron chi connectivity index (χ2n) is 3.13. The largest absolute Gasteiger partial charge is 0.589 e.